The highest BCUT2D eigenvalue weighted by molar-refractivity contribution is 6.30. The highest BCUT2D eigenvalue weighted by atomic mass is 35.5. The number of hydrogen-bond acceptors (Lipinski definition) is 2. The summed E-state index contributed by atoms with van der Waals surface area (Å²) in [7, 11) is 0. The minimum absolute atomic E-state index is 0.0912. The number of phenolic OH excluding ortho intramolecular Hbond substituents is 2. The van der Waals surface area contributed by atoms with Crippen LogP contribution in [0, 0.1) is 0 Å². The molecule has 0 atom stereocenters. The first kappa shape index (κ1) is 10.8. The lowest BCUT2D eigenvalue weighted by Gasteiger charge is -2.04. The molecule has 2 aromatic carbocycles. The number of rotatable bonds is 2. The Hall–Kier alpha value is -1.67. The fourth-order valence-corrected chi connectivity index (χ4v) is 1.64. The van der Waals surface area contributed by atoms with Crippen LogP contribution in [0.15, 0.2) is 42.5 Å². The standard InChI is InChI=1S/C13H11ClO2/c14-11-4-1-9(2-5-11)7-10-3-6-12(15)13(16)8-10/h1-6,8,15-16H,7H2. The summed E-state index contributed by atoms with van der Waals surface area (Å²) in [5.41, 5.74) is 2.05. The van der Waals surface area contributed by atoms with E-state index in [1.54, 1.807) is 12.1 Å². The third kappa shape index (κ3) is 2.47. The molecule has 3 heteroatoms. The van der Waals surface area contributed by atoms with Crippen molar-refractivity contribution in [3.8, 4) is 11.5 Å². The van der Waals surface area contributed by atoms with Crippen molar-refractivity contribution in [2.75, 3.05) is 0 Å². The molecule has 0 heterocycles. The maximum atomic E-state index is 9.35. The van der Waals surface area contributed by atoms with Crippen LogP contribution in [0.3, 0.4) is 0 Å². The van der Waals surface area contributed by atoms with E-state index in [0.717, 1.165) is 11.1 Å². The number of halogens is 1. The Morgan fingerprint density at radius 3 is 2.06 bits per heavy atom. The maximum absolute atomic E-state index is 9.35. The molecule has 2 nitrogen and oxygen atoms in total. The highest BCUT2D eigenvalue weighted by Crippen LogP contribution is 2.26. The van der Waals surface area contributed by atoms with Crippen molar-refractivity contribution < 1.29 is 10.2 Å². The summed E-state index contributed by atoms with van der Waals surface area (Å²) in [4.78, 5) is 0. The second kappa shape index (κ2) is 4.45. The van der Waals surface area contributed by atoms with Gasteiger partial charge in [-0.25, -0.2) is 0 Å². The predicted molar refractivity (Wildman–Crippen MR) is 64.0 cm³/mol. The second-order valence-corrected chi connectivity index (χ2v) is 4.06. The third-order valence-corrected chi connectivity index (χ3v) is 2.61. The van der Waals surface area contributed by atoms with E-state index in [4.69, 9.17) is 11.6 Å². The Balaban J connectivity index is 2.20. The van der Waals surface area contributed by atoms with Gasteiger partial charge in [0.25, 0.3) is 0 Å². The van der Waals surface area contributed by atoms with Crippen molar-refractivity contribution >= 4 is 11.6 Å². The lowest BCUT2D eigenvalue weighted by atomic mass is 10.0. The molecular weight excluding hydrogens is 224 g/mol. The van der Waals surface area contributed by atoms with Crippen LogP contribution in [0.1, 0.15) is 11.1 Å². The monoisotopic (exact) mass is 234 g/mol. The average molecular weight is 235 g/mol. The Morgan fingerprint density at radius 2 is 1.44 bits per heavy atom. The van der Waals surface area contributed by atoms with Gasteiger partial charge in [0.05, 0.1) is 0 Å². The van der Waals surface area contributed by atoms with Gasteiger partial charge in [-0.1, -0.05) is 29.8 Å². The number of benzene rings is 2. The van der Waals surface area contributed by atoms with Gasteiger partial charge in [-0.15, -0.1) is 0 Å². The largest absolute Gasteiger partial charge is 0.504 e. The highest BCUT2D eigenvalue weighted by Gasteiger charge is 2.01. The van der Waals surface area contributed by atoms with E-state index < -0.39 is 0 Å². The van der Waals surface area contributed by atoms with E-state index in [0.29, 0.717) is 11.4 Å². The van der Waals surface area contributed by atoms with Crippen LogP contribution in [-0.4, -0.2) is 10.2 Å². The van der Waals surface area contributed by atoms with Gasteiger partial charge in [0.1, 0.15) is 0 Å². The zero-order valence-corrected chi connectivity index (χ0v) is 9.28. The maximum Gasteiger partial charge on any atom is 0.157 e. The van der Waals surface area contributed by atoms with Gasteiger partial charge in [-0.05, 0) is 41.8 Å². The Morgan fingerprint density at radius 1 is 0.812 bits per heavy atom. The molecule has 0 unspecified atom stereocenters. The molecule has 2 N–H and O–H groups in total. The second-order valence-electron chi connectivity index (χ2n) is 3.63. The molecule has 2 rings (SSSR count). The van der Waals surface area contributed by atoms with Crippen molar-refractivity contribution in [1.82, 2.24) is 0 Å². The molecule has 0 aromatic heterocycles. The molecule has 0 aliphatic rings. The summed E-state index contributed by atoms with van der Waals surface area (Å²) in [6.07, 6.45) is 0.699. The SMILES string of the molecule is Oc1ccc(Cc2ccc(Cl)cc2)cc1O. The summed E-state index contributed by atoms with van der Waals surface area (Å²) in [6, 6.07) is 12.4. The molecule has 0 bridgehead atoms. The van der Waals surface area contributed by atoms with E-state index in [1.807, 2.05) is 24.3 Å². The van der Waals surface area contributed by atoms with E-state index >= 15 is 0 Å². The fourth-order valence-electron chi connectivity index (χ4n) is 1.52. The Kier molecular flexibility index (Phi) is 3.02. The normalized spacial score (nSPS) is 10.3. The molecule has 82 valence electrons. The zero-order valence-electron chi connectivity index (χ0n) is 8.52. The van der Waals surface area contributed by atoms with Crippen molar-refractivity contribution in [1.29, 1.82) is 0 Å². The quantitative estimate of drug-likeness (QED) is 0.783. The van der Waals surface area contributed by atoms with Gasteiger partial charge >= 0.3 is 0 Å². The lowest BCUT2D eigenvalue weighted by Crippen LogP contribution is -1.87. The predicted octanol–water partition coefficient (Wildman–Crippen LogP) is 3.34. The van der Waals surface area contributed by atoms with Gasteiger partial charge < -0.3 is 10.2 Å². The Bertz CT molecular complexity index is 492. The van der Waals surface area contributed by atoms with Crippen LogP contribution in [0.2, 0.25) is 5.02 Å². The average Bonchev–Trinajstić information content (AvgIpc) is 2.27. The van der Waals surface area contributed by atoms with E-state index in [2.05, 4.69) is 0 Å². The van der Waals surface area contributed by atoms with E-state index in [1.165, 1.54) is 6.07 Å². The van der Waals surface area contributed by atoms with Crippen molar-refractivity contribution in [3.05, 3.63) is 58.6 Å². The van der Waals surface area contributed by atoms with Crippen molar-refractivity contribution in [2.45, 2.75) is 6.42 Å². The molecule has 0 fully saturated rings. The van der Waals surface area contributed by atoms with Crippen LogP contribution < -0.4 is 0 Å². The number of phenols is 2. The Labute approximate surface area is 98.7 Å². The van der Waals surface area contributed by atoms with Gasteiger partial charge in [-0.2, -0.15) is 0 Å². The van der Waals surface area contributed by atoms with Gasteiger partial charge in [0.2, 0.25) is 0 Å². The minimum atomic E-state index is -0.0974. The fraction of sp³-hybridized carbons (Fsp3) is 0.0769. The van der Waals surface area contributed by atoms with Gasteiger partial charge in [-0.3, -0.25) is 0 Å². The topological polar surface area (TPSA) is 40.5 Å². The van der Waals surface area contributed by atoms with Crippen LogP contribution in [0.4, 0.5) is 0 Å². The summed E-state index contributed by atoms with van der Waals surface area (Å²) in [5.74, 6) is -0.189. The molecule has 0 saturated heterocycles. The van der Waals surface area contributed by atoms with Crippen molar-refractivity contribution in [2.24, 2.45) is 0 Å². The third-order valence-electron chi connectivity index (χ3n) is 2.36. The summed E-state index contributed by atoms with van der Waals surface area (Å²) < 4.78 is 0. The molecular formula is C13H11ClO2. The molecule has 0 radical (unpaired) electrons. The molecule has 0 saturated carbocycles. The summed E-state index contributed by atoms with van der Waals surface area (Å²) in [6.45, 7) is 0. The first-order valence-corrected chi connectivity index (χ1v) is 5.28. The minimum Gasteiger partial charge on any atom is -0.504 e. The molecule has 0 spiro atoms. The first-order chi connectivity index (χ1) is 7.65. The first-order valence-electron chi connectivity index (χ1n) is 4.90. The molecule has 0 amide bonds. The molecule has 0 aliphatic carbocycles. The van der Waals surface area contributed by atoms with E-state index in [-0.39, 0.29) is 11.5 Å². The number of hydrogen-bond donors (Lipinski definition) is 2. The van der Waals surface area contributed by atoms with Crippen LogP contribution >= 0.6 is 11.6 Å². The summed E-state index contributed by atoms with van der Waals surface area (Å²) in [5, 5.41) is 19.2. The van der Waals surface area contributed by atoms with Crippen LogP contribution in [0.5, 0.6) is 11.5 Å². The molecule has 0 aliphatic heterocycles. The van der Waals surface area contributed by atoms with Crippen LogP contribution in [-0.2, 0) is 6.42 Å². The zero-order chi connectivity index (χ0) is 11.5. The van der Waals surface area contributed by atoms with Crippen molar-refractivity contribution in [3.63, 3.8) is 0 Å². The van der Waals surface area contributed by atoms with E-state index in [9.17, 15) is 10.2 Å². The lowest BCUT2D eigenvalue weighted by molar-refractivity contribution is 0.403. The smallest absolute Gasteiger partial charge is 0.157 e. The molecule has 16 heavy (non-hydrogen) atoms. The van der Waals surface area contributed by atoms with Gasteiger partial charge in [0, 0.05) is 5.02 Å². The van der Waals surface area contributed by atoms with Crippen LogP contribution in [0.25, 0.3) is 0 Å². The molecule has 2 aromatic rings. The van der Waals surface area contributed by atoms with Gasteiger partial charge in [0.15, 0.2) is 11.5 Å². The summed E-state index contributed by atoms with van der Waals surface area (Å²) >= 11 is 5.79. The number of aromatic hydroxyl groups is 2.